The molecule has 3 N–H and O–H groups in total. The number of ether oxygens (including phenoxy) is 1. The maximum absolute atomic E-state index is 11.6. The van der Waals surface area contributed by atoms with E-state index in [9.17, 15) is 14.7 Å². The van der Waals surface area contributed by atoms with E-state index in [0.29, 0.717) is 19.6 Å². The zero-order valence-corrected chi connectivity index (χ0v) is 17.3. The van der Waals surface area contributed by atoms with Crippen LogP contribution in [-0.4, -0.2) is 48.4 Å². The van der Waals surface area contributed by atoms with E-state index in [1.54, 1.807) is 0 Å². The van der Waals surface area contributed by atoms with Crippen molar-refractivity contribution < 1.29 is 19.4 Å². The molecule has 0 heterocycles. The zero-order valence-electron chi connectivity index (χ0n) is 17.3. The third kappa shape index (κ3) is 9.93. The third-order valence-electron chi connectivity index (χ3n) is 4.53. The second kappa shape index (κ2) is 14.0. The molecule has 7 heteroatoms. The van der Waals surface area contributed by atoms with Gasteiger partial charge in [-0.25, -0.2) is 9.59 Å². The highest BCUT2D eigenvalue weighted by Crippen LogP contribution is 2.05. The fraction of sp³-hybridized carbons (Fsp3) is 0.391. The highest BCUT2D eigenvalue weighted by molar-refractivity contribution is 5.67. The van der Waals surface area contributed by atoms with Crippen molar-refractivity contribution in [3.63, 3.8) is 0 Å². The highest BCUT2D eigenvalue weighted by Gasteiger charge is 2.11. The van der Waals surface area contributed by atoms with Crippen LogP contribution in [-0.2, 0) is 17.9 Å². The lowest BCUT2D eigenvalue weighted by Crippen LogP contribution is -2.32. The van der Waals surface area contributed by atoms with E-state index in [4.69, 9.17) is 4.74 Å². The molecule has 0 atom stereocenters. The second-order valence-corrected chi connectivity index (χ2v) is 6.99. The van der Waals surface area contributed by atoms with Gasteiger partial charge in [0.2, 0.25) is 0 Å². The standard InChI is InChI=1S/C23H31N3O4/c27-22(30-19-21-12-5-2-6-13-21)25-16-8-7-14-24-15-9-17-26(23(28)29)18-20-10-3-1-4-11-20/h1-6,10-13,24H,7-9,14-19H2,(H,25,27)(H,28,29). The molecule has 0 aliphatic rings. The number of amides is 2. The minimum atomic E-state index is -0.899. The van der Waals surface area contributed by atoms with Gasteiger partial charge in [0, 0.05) is 19.6 Å². The zero-order chi connectivity index (χ0) is 21.4. The summed E-state index contributed by atoms with van der Waals surface area (Å²) in [4.78, 5) is 24.5. The molecule has 0 aliphatic heterocycles. The number of unbranched alkanes of at least 4 members (excludes halogenated alkanes) is 1. The largest absolute Gasteiger partial charge is 0.465 e. The van der Waals surface area contributed by atoms with Crippen molar-refractivity contribution in [2.45, 2.75) is 32.4 Å². The molecule has 2 rings (SSSR count). The van der Waals surface area contributed by atoms with Gasteiger partial charge in [-0.1, -0.05) is 60.7 Å². The maximum Gasteiger partial charge on any atom is 0.407 e. The first kappa shape index (κ1) is 23.2. The fourth-order valence-corrected chi connectivity index (χ4v) is 2.91. The Kier molecular flexibility index (Phi) is 10.8. The van der Waals surface area contributed by atoms with Crippen molar-refractivity contribution in [1.82, 2.24) is 15.5 Å². The summed E-state index contributed by atoms with van der Waals surface area (Å²) in [6, 6.07) is 19.2. The minimum absolute atomic E-state index is 0.270. The number of nitrogens with zero attached hydrogens (tertiary/aromatic N) is 1. The van der Waals surface area contributed by atoms with Crippen LogP contribution in [0.5, 0.6) is 0 Å². The van der Waals surface area contributed by atoms with E-state index in [-0.39, 0.29) is 6.61 Å². The van der Waals surface area contributed by atoms with Gasteiger partial charge < -0.3 is 25.4 Å². The molecule has 2 amide bonds. The van der Waals surface area contributed by atoms with Gasteiger partial charge >= 0.3 is 12.2 Å². The SMILES string of the molecule is O=C(NCCCCNCCCN(Cc1ccccc1)C(=O)O)OCc1ccccc1. The van der Waals surface area contributed by atoms with Crippen LogP contribution in [0.3, 0.4) is 0 Å². The van der Waals surface area contributed by atoms with Crippen LogP contribution in [0.2, 0.25) is 0 Å². The van der Waals surface area contributed by atoms with Crippen LogP contribution in [0.1, 0.15) is 30.4 Å². The van der Waals surface area contributed by atoms with Gasteiger partial charge in [-0.3, -0.25) is 0 Å². The molecule has 2 aromatic carbocycles. The van der Waals surface area contributed by atoms with Gasteiger partial charge in [0.1, 0.15) is 6.61 Å². The first-order valence-corrected chi connectivity index (χ1v) is 10.3. The van der Waals surface area contributed by atoms with Gasteiger partial charge in [-0.05, 0) is 43.5 Å². The molecule has 0 aromatic heterocycles. The summed E-state index contributed by atoms with van der Waals surface area (Å²) in [7, 11) is 0. The second-order valence-electron chi connectivity index (χ2n) is 6.99. The summed E-state index contributed by atoms with van der Waals surface area (Å²) in [5.74, 6) is 0. The Bertz CT molecular complexity index is 741. The molecule has 0 bridgehead atoms. The molecule has 0 unspecified atom stereocenters. The normalized spacial score (nSPS) is 10.4. The lowest BCUT2D eigenvalue weighted by atomic mass is 10.2. The van der Waals surface area contributed by atoms with Crippen LogP contribution in [0.15, 0.2) is 60.7 Å². The maximum atomic E-state index is 11.6. The predicted molar refractivity (Wildman–Crippen MR) is 116 cm³/mol. The van der Waals surface area contributed by atoms with E-state index < -0.39 is 12.2 Å². The lowest BCUT2D eigenvalue weighted by molar-refractivity contribution is 0.139. The summed E-state index contributed by atoms with van der Waals surface area (Å²) >= 11 is 0. The number of benzene rings is 2. The monoisotopic (exact) mass is 413 g/mol. The average molecular weight is 414 g/mol. The minimum Gasteiger partial charge on any atom is -0.465 e. The van der Waals surface area contributed by atoms with Crippen LogP contribution in [0, 0.1) is 0 Å². The Morgan fingerprint density at radius 2 is 1.43 bits per heavy atom. The molecule has 0 saturated carbocycles. The number of carboxylic acid groups (broad SMARTS) is 1. The van der Waals surface area contributed by atoms with Crippen LogP contribution in [0.4, 0.5) is 9.59 Å². The van der Waals surface area contributed by atoms with Crippen molar-refractivity contribution in [2.75, 3.05) is 26.2 Å². The van der Waals surface area contributed by atoms with Gasteiger partial charge in [-0.15, -0.1) is 0 Å². The Balaban J connectivity index is 1.45. The molecular weight excluding hydrogens is 382 g/mol. The molecule has 0 fully saturated rings. The van der Waals surface area contributed by atoms with Crippen molar-refractivity contribution >= 4 is 12.2 Å². The number of hydrogen-bond donors (Lipinski definition) is 3. The van der Waals surface area contributed by atoms with Crippen LogP contribution in [0.25, 0.3) is 0 Å². The van der Waals surface area contributed by atoms with Gasteiger partial charge in [0.05, 0.1) is 0 Å². The molecule has 0 saturated heterocycles. The Morgan fingerprint density at radius 3 is 2.10 bits per heavy atom. The smallest absolute Gasteiger partial charge is 0.407 e. The molecule has 7 nitrogen and oxygen atoms in total. The Labute approximate surface area is 178 Å². The average Bonchev–Trinajstić information content (AvgIpc) is 2.77. The third-order valence-corrected chi connectivity index (χ3v) is 4.53. The lowest BCUT2D eigenvalue weighted by Gasteiger charge is -2.19. The fourth-order valence-electron chi connectivity index (χ4n) is 2.91. The van der Waals surface area contributed by atoms with Gasteiger partial charge in [-0.2, -0.15) is 0 Å². The summed E-state index contributed by atoms with van der Waals surface area (Å²) < 4.78 is 5.15. The van der Waals surface area contributed by atoms with Crippen molar-refractivity contribution in [2.24, 2.45) is 0 Å². The van der Waals surface area contributed by atoms with E-state index in [0.717, 1.165) is 43.5 Å². The van der Waals surface area contributed by atoms with Gasteiger partial charge in [0.15, 0.2) is 0 Å². The number of hydrogen-bond acceptors (Lipinski definition) is 4. The summed E-state index contributed by atoms with van der Waals surface area (Å²) in [5.41, 5.74) is 1.95. The van der Waals surface area contributed by atoms with E-state index >= 15 is 0 Å². The summed E-state index contributed by atoms with van der Waals surface area (Å²) in [6.07, 6.45) is 1.22. The van der Waals surface area contributed by atoms with Crippen molar-refractivity contribution in [3.8, 4) is 0 Å². The number of carbonyl (C=O) groups is 2. The first-order valence-electron chi connectivity index (χ1n) is 10.3. The predicted octanol–water partition coefficient (Wildman–Crippen LogP) is 3.85. The number of rotatable bonds is 13. The number of alkyl carbamates (subject to hydrolysis) is 1. The number of nitrogens with one attached hydrogen (secondary N) is 2. The molecule has 0 spiro atoms. The molecular formula is C23H31N3O4. The molecule has 2 aromatic rings. The van der Waals surface area contributed by atoms with E-state index in [2.05, 4.69) is 10.6 Å². The summed E-state index contributed by atoms with van der Waals surface area (Å²) in [5, 5.41) is 15.4. The highest BCUT2D eigenvalue weighted by atomic mass is 16.5. The summed E-state index contributed by atoms with van der Waals surface area (Å²) in [6.45, 7) is 3.32. The van der Waals surface area contributed by atoms with Crippen LogP contribution >= 0.6 is 0 Å². The topological polar surface area (TPSA) is 90.9 Å². The number of carbonyl (C=O) groups excluding carboxylic acids is 1. The van der Waals surface area contributed by atoms with Crippen molar-refractivity contribution in [1.29, 1.82) is 0 Å². The van der Waals surface area contributed by atoms with Gasteiger partial charge in [0.25, 0.3) is 0 Å². The molecule has 0 radical (unpaired) electrons. The van der Waals surface area contributed by atoms with Crippen LogP contribution < -0.4 is 10.6 Å². The van der Waals surface area contributed by atoms with E-state index in [1.165, 1.54) is 4.90 Å². The Hall–Kier alpha value is -3.06. The van der Waals surface area contributed by atoms with Crippen molar-refractivity contribution in [3.05, 3.63) is 71.8 Å². The van der Waals surface area contributed by atoms with E-state index in [1.807, 2.05) is 60.7 Å². The first-order chi connectivity index (χ1) is 14.6. The molecule has 162 valence electrons. The Morgan fingerprint density at radius 1 is 0.833 bits per heavy atom. The molecule has 30 heavy (non-hydrogen) atoms. The quantitative estimate of drug-likeness (QED) is 0.434. The molecule has 0 aliphatic carbocycles.